The van der Waals surface area contributed by atoms with Gasteiger partial charge in [-0.2, -0.15) is 0 Å². The van der Waals surface area contributed by atoms with Crippen molar-refractivity contribution in [2.24, 2.45) is 5.84 Å². The summed E-state index contributed by atoms with van der Waals surface area (Å²) in [6, 6.07) is 3.74. The van der Waals surface area contributed by atoms with Crippen LogP contribution in [0.2, 0.25) is 0 Å². The van der Waals surface area contributed by atoms with Crippen molar-refractivity contribution >= 4 is 0 Å². The molecule has 1 aliphatic heterocycles. The summed E-state index contributed by atoms with van der Waals surface area (Å²) in [5, 5.41) is 0. The monoisotopic (exact) mass is 196 g/mol. The van der Waals surface area contributed by atoms with E-state index in [9.17, 15) is 0 Å². The maximum Gasteiger partial charge on any atom is 0.124 e. The Morgan fingerprint density at radius 3 is 2.93 bits per heavy atom. The van der Waals surface area contributed by atoms with Crippen LogP contribution in [0, 0.1) is 0 Å². The summed E-state index contributed by atoms with van der Waals surface area (Å²) in [7, 11) is 0. The number of hydrogen-bond acceptors (Lipinski definition) is 4. The van der Waals surface area contributed by atoms with Gasteiger partial charge in [0.2, 0.25) is 0 Å². The minimum Gasteiger partial charge on any atom is -0.468 e. The summed E-state index contributed by atoms with van der Waals surface area (Å²) in [5.41, 5.74) is 2.75. The molecule has 1 aliphatic rings. The molecule has 3 atom stereocenters. The number of nitrogens with two attached hydrogens (primary N) is 1. The van der Waals surface area contributed by atoms with E-state index in [0.29, 0.717) is 6.10 Å². The first-order valence-electron chi connectivity index (χ1n) is 4.96. The lowest BCUT2D eigenvalue weighted by Gasteiger charge is -2.20. The molecule has 4 heteroatoms. The number of furan rings is 1. The van der Waals surface area contributed by atoms with E-state index < -0.39 is 0 Å². The van der Waals surface area contributed by atoms with E-state index in [-0.39, 0.29) is 12.1 Å². The molecule has 78 valence electrons. The van der Waals surface area contributed by atoms with Gasteiger partial charge < -0.3 is 9.15 Å². The Bertz CT molecular complexity index is 274. The lowest BCUT2D eigenvalue weighted by molar-refractivity contribution is 0.0267. The van der Waals surface area contributed by atoms with Crippen LogP contribution in [0.3, 0.4) is 0 Å². The Hall–Kier alpha value is -0.840. The highest BCUT2D eigenvalue weighted by atomic mass is 16.5. The molecular weight excluding hydrogens is 180 g/mol. The van der Waals surface area contributed by atoms with Crippen LogP contribution in [0.4, 0.5) is 0 Å². The predicted molar refractivity (Wildman–Crippen MR) is 52.3 cm³/mol. The minimum atomic E-state index is -0.0325. The van der Waals surface area contributed by atoms with Gasteiger partial charge in [0.25, 0.3) is 0 Å². The van der Waals surface area contributed by atoms with Crippen LogP contribution in [-0.2, 0) is 4.74 Å². The summed E-state index contributed by atoms with van der Waals surface area (Å²) >= 11 is 0. The molecule has 2 heterocycles. The van der Waals surface area contributed by atoms with Crippen molar-refractivity contribution in [3.8, 4) is 0 Å². The van der Waals surface area contributed by atoms with Crippen LogP contribution >= 0.6 is 0 Å². The third-order valence-corrected chi connectivity index (χ3v) is 2.67. The van der Waals surface area contributed by atoms with Gasteiger partial charge in [-0.15, -0.1) is 0 Å². The van der Waals surface area contributed by atoms with E-state index in [1.54, 1.807) is 6.26 Å². The standard InChI is InChI=1S/C10H16N2O2/c1-7-4-5-9(14-7)10(12-11)8-3-2-6-13-8/h2-3,6-7,9-10,12H,4-5,11H2,1H3. The highest BCUT2D eigenvalue weighted by molar-refractivity contribution is 5.07. The molecule has 0 saturated carbocycles. The summed E-state index contributed by atoms with van der Waals surface area (Å²) in [4.78, 5) is 0. The van der Waals surface area contributed by atoms with Crippen LogP contribution in [-0.4, -0.2) is 12.2 Å². The summed E-state index contributed by atoms with van der Waals surface area (Å²) in [5.74, 6) is 6.34. The van der Waals surface area contributed by atoms with Gasteiger partial charge in [0.1, 0.15) is 11.8 Å². The van der Waals surface area contributed by atoms with Gasteiger partial charge in [-0.05, 0) is 31.9 Å². The van der Waals surface area contributed by atoms with Crippen molar-refractivity contribution in [1.29, 1.82) is 0 Å². The van der Waals surface area contributed by atoms with Crippen LogP contribution in [0.1, 0.15) is 31.6 Å². The Morgan fingerprint density at radius 2 is 2.43 bits per heavy atom. The van der Waals surface area contributed by atoms with Crippen LogP contribution < -0.4 is 11.3 Å². The second-order valence-electron chi connectivity index (χ2n) is 3.72. The minimum absolute atomic E-state index is 0.0325. The van der Waals surface area contributed by atoms with Gasteiger partial charge >= 0.3 is 0 Å². The average molecular weight is 196 g/mol. The second kappa shape index (κ2) is 4.13. The lowest BCUT2D eigenvalue weighted by atomic mass is 10.1. The molecule has 0 radical (unpaired) electrons. The lowest BCUT2D eigenvalue weighted by Crippen LogP contribution is -2.36. The van der Waals surface area contributed by atoms with Crippen molar-refractivity contribution in [3.05, 3.63) is 24.2 Å². The molecule has 3 unspecified atom stereocenters. The fourth-order valence-electron chi connectivity index (χ4n) is 1.92. The van der Waals surface area contributed by atoms with E-state index >= 15 is 0 Å². The third-order valence-electron chi connectivity index (χ3n) is 2.67. The zero-order valence-electron chi connectivity index (χ0n) is 8.27. The van der Waals surface area contributed by atoms with E-state index in [1.807, 2.05) is 12.1 Å². The Balaban J connectivity index is 2.07. The maximum atomic E-state index is 5.74. The summed E-state index contributed by atoms with van der Waals surface area (Å²) < 4.78 is 11.0. The normalized spacial score (nSPS) is 29.3. The molecule has 3 N–H and O–H groups in total. The molecule has 1 fully saturated rings. The van der Waals surface area contributed by atoms with Gasteiger partial charge in [0.15, 0.2) is 0 Å². The van der Waals surface area contributed by atoms with Gasteiger partial charge in [0.05, 0.1) is 18.5 Å². The molecule has 0 spiro atoms. The van der Waals surface area contributed by atoms with Crippen molar-refractivity contribution in [2.75, 3.05) is 0 Å². The SMILES string of the molecule is CC1CCC(C(NN)c2ccco2)O1. The average Bonchev–Trinajstić information content (AvgIpc) is 2.79. The van der Waals surface area contributed by atoms with E-state index in [2.05, 4.69) is 12.3 Å². The van der Waals surface area contributed by atoms with Crippen molar-refractivity contribution in [3.63, 3.8) is 0 Å². The molecule has 1 aromatic heterocycles. The number of ether oxygens (including phenoxy) is 1. The third kappa shape index (κ3) is 1.82. The smallest absolute Gasteiger partial charge is 0.124 e. The summed E-state index contributed by atoms with van der Waals surface area (Å²) in [6.45, 7) is 2.08. The highest BCUT2D eigenvalue weighted by Gasteiger charge is 2.31. The van der Waals surface area contributed by atoms with Crippen molar-refractivity contribution in [2.45, 2.75) is 38.0 Å². The predicted octanol–water partition coefficient (Wildman–Crippen LogP) is 1.35. The maximum absolute atomic E-state index is 5.74. The zero-order chi connectivity index (χ0) is 9.97. The Kier molecular flexibility index (Phi) is 2.86. The van der Waals surface area contributed by atoms with Crippen LogP contribution in [0.25, 0.3) is 0 Å². The van der Waals surface area contributed by atoms with E-state index in [1.165, 1.54) is 0 Å². The first kappa shape index (κ1) is 9.71. The topological polar surface area (TPSA) is 60.4 Å². The van der Waals surface area contributed by atoms with Gasteiger partial charge in [0, 0.05) is 0 Å². The molecule has 14 heavy (non-hydrogen) atoms. The quantitative estimate of drug-likeness (QED) is 0.566. The fraction of sp³-hybridized carbons (Fsp3) is 0.600. The number of rotatable bonds is 3. The molecule has 0 amide bonds. The van der Waals surface area contributed by atoms with Crippen LogP contribution in [0.5, 0.6) is 0 Å². The van der Waals surface area contributed by atoms with Gasteiger partial charge in [-0.3, -0.25) is 5.84 Å². The van der Waals surface area contributed by atoms with Crippen molar-refractivity contribution < 1.29 is 9.15 Å². The Morgan fingerprint density at radius 1 is 1.57 bits per heavy atom. The molecule has 0 bridgehead atoms. The molecule has 1 aromatic rings. The zero-order valence-corrected chi connectivity index (χ0v) is 8.27. The number of hydrazine groups is 1. The number of nitrogens with one attached hydrogen (secondary N) is 1. The van der Waals surface area contributed by atoms with Gasteiger partial charge in [-0.1, -0.05) is 0 Å². The Labute approximate surface area is 83.4 Å². The first-order chi connectivity index (χ1) is 6.81. The van der Waals surface area contributed by atoms with Crippen molar-refractivity contribution in [1.82, 2.24) is 5.43 Å². The molecular formula is C10H16N2O2. The van der Waals surface area contributed by atoms with E-state index in [0.717, 1.165) is 18.6 Å². The second-order valence-corrected chi connectivity index (χ2v) is 3.72. The van der Waals surface area contributed by atoms with Crippen LogP contribution in [0.15, 0.2) is 22.8 Å². The molecule has 0 aromatic carbocycles. The first-order valence-corrected chi connectivity index (χ1v) is 4.96. The molecule has 0 aliphatic carbocycles. The summed E-state index contributed by atoms with van der Waals surface area (Å²) in [6.07, 6.45) is 4.21. The molecule has 1 saturated heterocycles. The van der Waals surface area contributed by atoms with Gasteiger partial charge in [-0.25, -0.2) is 5.43 Å². The highest BCUT2D eigenvalue weighted by Crippen LogP contribution is 2.29. The molecule has 2 rings (SSSR count). The fourth-order valence-corrected chi connectivity index (χ4v) is 1.92. The largest absolute Gasteiger partial charge is 0.468 e. The van der Waals surface area contributed by atoms with E-state index in [4.69, 9.17) is 15.0 Å². The molecule has 4 nitrogen and oxygen atoms in total. The number of hydrogen-bond donors (Lipinski definition) is 2.